The number of carbonyl (C=O) groups excluding carboxylic acids is 3. The predicted molar refractivity (Wildman–Crippen MR) is 74.2 cm³/mol. The SMILES string of the molecule is O=C1NC(=O)[C@@]2(CCN(C(=O)CC(C3CC3)C3CC3)C2)N1. The number of nitrogens with zero attached hydrogens (tertiary/aromatic N) is 1. The molecule has 4 amide bonds. The molecule has 6 nitrogen and oxygen atoms in total. The molecule has 0 bridgehead atoms. The topological polar surface area (TPSA) is 78.5 Å². The molecule has 1 spiro atoms. The average molecular weight is 291 g/mol. The molecule has 114 valence electrons. The molecule has 4 fully saturated rings. The number of carbonyl (C=O) groups is 3. The van der Waals surface area contributed by atoms with Crippen LogP contribution in [0.5, 0.6) is 0 Å². The summed E-state index contributed by atoms with van der Waals surface area (Å²) >= 11 is 0. The van der Waals surface area contributed by atoms with E-state index in [1.807, 2.05) is 0 Å². The third kappa shape index (κ3) is 2.30. The molecular weight excluding hydrogens is 270 g/mol. The summed E-state index contributed by atoms with van der Waals surface area (Å²) < 4.78 is 0. The van der Waals surface area contributed by atoms with Crippen LogP contribution in [-0.2, 0) is 9.59 Å². The third-order valence-corrected chi connectivity index (χ3v) is 5.50. The maximum absolute atomic E-state index is 12.5. The van der Waals surface area contributed by atoms with Gasteiger partial charge in [-0.05, 0) is 49.9 Å². The number of rotatable bonds is 4. The Labute approximate surface area is 123 Å². The molecule has 0 aromatic heterocycles. The van der Waals surface area contributed by atoms with E-state index in [0.29, 0.717) is 31.8 Å². The van der Waals surface area contributed by atoms with Gasteiger partial charge in [0.25, 0.3) is 5.91 Å². The van der Waals surface area contributed by atoms with Gasteiger partial charge in [-0.1, -0.05) is 0 Å². The van der Waals surface area contributed by atoms with E-state index in [9.17, 15) is 14.4 Å². The summed E-state index contributed by atoms with van der Waals surface area (Å²) in [6.07, 6.45) is 6.25. The van der Waals surface area contributed by atoms with Crippen LogP contribution in [0, 0.1) is 17.8 Å². The molecule has 2 aliphatic carbocycles. The predicted octanol–water partition coefficient (Wildman–Crippen LogP) is 0.623. The summed E-state index contributed by atoms with van der Waals surface area (Å²) in [4.78, 5) is 37.5. The number of likely N-dealkylation sites (tertiary alicyclic amines) is 1. The quantitative estimate of drug-likeness (QED) is 0.745. The van der Waals surface area contributed by atoms with Crippen LogP contribution in [0.15, 0.2) is 0 Å². The third-order valence-electron chi connectivity index (χ3n) is 5.50. The normalized spacial score (nSPS) is 32.0. The molecule has 2 saturated heterocycles. The van der Waals surface area contributed by atoms with Gasteiger partial charge in [0, 0.05) is 13.0 Å². The summed E-state index contributed by atoms with van der Waals surface area (Å²) in [7, 11) is 0. The summed E-state index contributed by atoms with van der Waals surface area (Å²) in [5, 5.41) is 4.97. The van der Waals surface area contributed by atoms with Crippen LogP contribution in [0.1, 0.15) is 38.5 Å². The Morgan fingerprint density at radius 3 is 2.43 bits per heavy atom. The lowest BCUT2D eigenvalue weighted by Gasteiger charge is -2.23. The van der Waals surface area contributed by atoms with Gasteiger partial charge in [-0.3, -0.25) is 14.9 Å². The molecule has 0 radical (unpaired) electrons. The molecular formula is C15H21N3O3. The first kappa shape index (κ1) is 13.1. The first-order valence-electron chi connectivity index (χ1n) is 7.99. The lowest BCUT2D eigenvalue weighted by molar-refractivity contribution is -0.132. The zero-order chi connectivity index (χ0) is 14.6. The second-order valence-electron chi connectivity index (χ2n) is 7.10. The van der Waals surface area contributed by atoms with Crippen LogP contribution in [0.25, 0.3) is 0 Å². The fourth-order valence-electron chi connectivity index (χ4n) is 3.94. The van der Waals surface area contributed by atoms with Crippen LogP contribution in [-0.4, -0.2) is 41.4 Å². The highest BCUT2D eigenvalue weighted by molar-refractivity contribution is 6.07. The Hall–Kier alpha value is -1.59. The second-order valence-corrected chi connectivity index (χ2v) is 7.10. The minimum absolute atomic E-state index is 0.157. The fourth-order valence-corrected chi connectivity index (χ4v) is 3.94. The van der Waals surface area contributed by atoms with E-state index in [4.69, 9.17) is 0 Å². The molecule has 0 aromatic carbocycles. The Balaban J connectivity index is 1.39. The van der Waals surface area contributed by atoms with Crippen molar-refractivity contribution in [2.45, 2.75) is 44.1 Å². The van der Waals surface area contributed by atoms with Gasteiger partial charge in [0.2, 0.25) is 5.91 Å². The largest absolute Gasteiger partial charge is 0.340 e. The van der Waals surface area contributed by atoms with Gasteiger partial charge < -0.3 is 10.2 Å². The van der Waals surface area contributed by atoms with E-state index in [0.717, 1.165) is 11.8 Å². The van der Waals surface area contributed by atoms with Crippen molar-refractivity contribution in [3.8, 4) is 0 Å². The molecule has 4 aliphatic rings. The van der Waals surface area contributed by atoms with Crippen molar-refractivity contribution in [2.24, 2.45) is 17.8 Å². The summed E-state index contributed by atoms with van der Waals surface area (Å²) in [6.45, 7) is 0.889. The van der Waals surface area contributed by atoms with Gasteiger partial charge in [-0.15, -0.1) is 0 Å². The van der Waals surface area contributed by atoms with E-state index in [2.05, 4.69) is 10.6 Å². The van der Waals surface area contributed by atoms with Gasteiger partial charge in [-0.25, -0.2) is 4.79 Å². The van der Waals surface area contributed by atoms with Crippen molar-refractivity contribution >= 4 is 17.8 Å². The maximum Gasteiger partial charge on any atom is 0.322 e. The number of hydrogen-bond donors (Lipinski definition) is 2. The Morgan fingerprint density at radius 2 is 1.90 bits per heavy atom. The molecule has 0 aromatic rings. The Bertz CT molecular complexity index is 500. The number of amides is 4. The first-order chi connectivity index (χ1) is 10.1. The Kier molecular flexibility index (Phi) is 2.78. The summed E-state index contributed by atoms with van der Waals surface area (Å²) in [5.41, 5.74) is -0.874. The number of imide groups is 1. The van der Waals surface area contributed by atoms with Crippen molar-refractivity contribution in [3.05, 3.63) is 0 Å². The standard InChI is InChI=1S/C15H21N3O3/c19-12(7-11(9-1-2-9)10-3-4-10)18-6-5-15(8-18)13(20)16-14(21)17-15/h9-11H,1-8H2,(H2,16,17,20,21)/t15-/m0/s1. The molecule has 2 N–H and O–H groups in total. The van der Waals surface area contributed by atoms with Gasteiger partial charge in [0.05, 0.1) is 6.54 Å². The van der Waals surface area contributed by atoms with Crippen LogP contribution in [0.3, 0.4) is 0 Å². The molecule has 0 unspecified atom stereocenters. The van der Waals surface area contributed by atoms with Crippen LogP contribution in [0.2, 0.25) is 0 Å². The van der Waals surface area contributed by atoms with E-state index in [1.165, 1.54) is 25.7 Å². The van der Waals surface area contributed by atoms with Crippen LogP contribution in [0.4, 0.5) is 4.79 Å². The highest BCUT2D eigenvalue weighted by Gasteiger charge is 2.52. The van der Waals surface area contributed by atoms with Crippen molar-refractivity contribution < 1.29 is 14.4 Å². The minimum atomic E-state index is -0.874. The lowest BCUT2D eigenvalue weighted by atomic mass is 9.93. The minimum Gasteiger partial charge on any atom is -0.340 e. The monoisotopic (exact) mass is 291 g/mol. The fraction of sp³-hybridized carbons (Fsp3) is 0.800. The number of nitrogens with one attached hydrogen (secondary N) is 2. The van der Waals surface area contributed by atoms with Crippen molar-refractivity contribution in [2.75, 3.05) is 13.1 Å². The van der Waals surface area contributed by atoms with Gasteiger partial charge in [0.1, 0.15) is 5.54 Å². The number of urea groups is 1. The van der Waals surface area contributed by atoms with E-state index in [1.54, 1.807) is 4.90 Å². The molecule has 4 rings (SSSR count). The molecule has 21 heavy (non-hydrogen) atoms. The smallest absolute Gasteiger partial charge is 0.322 e. The molecule has 2 aliphatic heterocycles. The highest BCUT2D eigenvalue weighted by Crippen LogP contribution is 2.51. The summed E-state index contributed by atoms with van der Waals surface area (Å²) in [5.74, 6) is 1.94. The van der Waals surface area contributed by atoms with E-state index < -0.39 is 11.6 Å². The van der Waals surface area contributed by atoms with Gasteiger partial charge in [0.15, 0.2) is 0 Å². The molecule has 2 heterocycles. The molecule has 2 saturated carbocycles. The van der Waals surface area contributed by atoms with Crippen LogP contribution < -0.4 is 10.6 Å². The lowest BCUT2D eigenvalue weighted by Crippen LogP contribution is -2.49. The van der Waals surface area contributed by atoms with E-state index >= 15 is 0 Å². The van der Waals surface area contributed by atoms with Gasteiger partial charge in [-0.2, -0.15) is 0 Å². The zero-order valence-electron chi connectivity index (χ0n) is 12.1. The first-order valence-corrected chi connectivity index (χ1v) is 7.99. The van der Waals surface area contributed by atoms with Gasteiger partial charge >= 0.3 is 6.03 Å². The van der Waals surface area contributed by atoms with Crippen molar-refractivity contribution in [3.63, 3.8) is 0 Å². The van der Waals surface area contributed by atoms with Crippen molar-refractivity contribution in [1.29, 1.82) is 0 Å². The maximum atomic E-state index is 12.5. The van der Waals surface area contributed by atoms with E-state index in [-0.39, 0.29) is 11.8 Å². The average Bonchev–Trinajstić information content (AvgIpc) is 3.35. The zero-order valence-corrected chi connectivity index (χ0v) is 12.1. The number of hydrogen-bond acceptors (Lipinski definition) is 3. The van der Waals surface area contributed by atoms with Crippen molar-refractivity contribution in [1.82, 2.24) is 15.5 Å². The summed E-state index contributed by atoms with van der Waals surface area (Å²) in [6, 6.07) is -0.442. The van der Waals surface area contributed by atoms with Crippen LogP contribution >= 0.6 is 0 Å². The second kappa shape index (κ2) is 4.45. The Morgan fingerprint density at radius 1 is 1.24 bits per heavy atom. The molecule has 1 atom stereocenters. The highest BCUT2D eigenvalue weighted by atomic mass is 16.2. The molecule has 6 heteroatoms.